The maximum absolute atomic E-state index is 5.58. The van der Waals surface area contributed by atoms with Gasteiger partial charge in [-0.1, -0.05) is 12.1 Å². The van der Waals surface area contributed by atoms with Crippen molar-refractivity contribution in [3.8, 4) is 5.75 Å². The minimum atomic E-state index is 0.121. The van der Waals surface area contributed by atoms with Crippen molar-refractivity contribution in [3.63, 3.8) is 0 Å². The first-order valence-electron chi connectivity index (χ1n) is 5.60. The van der Waals surface area contributed by atoms with Crippen molar-refractivity contribution in [2.24, 2.45) is 0 Å². The molecule has 0 aliphatic rings. The highest BCUT2D eigenvalue weighted by atomic mass is 16.5. The van der Waals surface area contributed by atoms with Crippen LogP contribution in [0.25, 0.3) is 0 Å². The normalized spacial score (nSPS) is 14.5. The number of hydrogen-bond acceptors (Lipinski definition) is 3. The third kappa shape index (κ3) is 3.83. The van der Waals surface area contributed by atoms with Gasteiger partial charge in [0.25, 0.3) is 0 Å². The van der Waals surface area contributed by atoms with Crippen LogP contribution in [0.1, 0.15) is 25.5 Å². The van der Waals surface area contributed by atoms with Gasteiger partial charge in [-0.15, -0.1) is 0 Å². The topological polar surface area (TPSA) is 30.5 Å². The van der Waals surface area contributed by atoms with Gasteiger partial charge in [-0.05, 0) is 38.6 Å². The molecule has 1 aromatic rings. The Labute approximate surface area is 97.8 Å². The van der Waals surface area contributed by atoms with Gasteiger partial charge in [0, 0.05) is 13.2 Å². The zero-order valence-electron chi connectivity index (χ0n) is 10.5. The average Bonchev–Trinajstić information content (AvgIpc) is 2.35. The molecule has 0 aliphatic heterocycles. The second-order valence-corrected chi connectivity index (χ2v) is 3.94. The summed E-state index contributed by atoms with van der Waals surface area (Å²) in [7, 11) is 3.64. The summed E-state index contributed by atoms with van der Waals surface area (Å²) >= 11 is 0. The average molecular weight is 223 g/mol. The highest BCUT2D eigenvalue weighted by Crippen LogP contribution is 2.17. The fraction of sp³-hybridized carbons (Fsp3) is 0.538. The van der Waals surface area contributed by atoms with E-state index in [0.29, 0.717) is 12.6 Å². The lowest BCUT2D eigenvalue weighted by atomic mass is 10.1. The number of nitrogens with one attached hydrogen (secondary N) is 1. The summed E-state index contributed by atoms with van der Waals surface area (Å²) in [6.07, 6.45) is 0.121. The van der Waals surface area contributed by atoms with Crippen LogP contribution >= 0.6 is 0 Å². The van der Waals surface area contributed by atoms with Gasteiger partial charge in [0.15, 0.2) is 0 Å². The van der Waals surface area contributed by atoms with E-state index in [1.807, 2.05) is 26.1 Å². The monoisotopic (exact) mass is 223 g/mol. The van der Waals surface area contributed by atoms with Gasteiger partial charge in [-0.2, -0.15) is 0 Å². The fourth-order valence-electron chi connectivity index (χ4n) is 1.30. The van der Waals surface area contributed by atoms with Crippen molar-refractivity contribution in [2.75, 3.05) is 20.8 Å². The largest absolute Gasteiger partial charge is 0.491 e. The van der Waals surface area contributed by atoms with E-state index in [9.17, 15) is 0 Å². The van der Waals surface area contributed by atoms with Crippen molar-refractivity contribution in [2.45, 2.75) is 26.0 Å². The van der Waals surface area contributed by atoms with Crippen molar-refractivity contribution >= 4 is 0 Å². The van der Waals surface area contributed by atoms with Gasteiger partial charge in [-0.3, -0.25) is 0 Å². The van der Waals surface area contributed by atoms with Crippen LogP contribution in [0.3, 0.4) is 0 Å². The van der Waals surface area contributed by atoms with Gasteiger partial charge in [0.2, 0.25) is 0 Å². The van der Waals surface area contributed by atoms with Crippen LogP contribution < -0.4 is 10.1 Å². The highest BCUT2D eigenvalue weighted by Gasteiger charge is 2.03. The second-order valence-electron chi connectivity index (χ2n) is 3.94. The third-order valence-corrected chi connectivity index (χ3v) is 2.70. The van der Waals surface area contributed by atoms with Crippen LogP contribution in [0.15, 0.2) is 24.3 Å². The number of hydrogen-bond donors (Lipinski definition) is 1. The minimum Gasteiger partial charge on any atom is -0.491 e. The van der Waals surface area contributed by atoms with Gasteiger partial charge < -0.3 is 14.8 Å². The number of ether oxygens (including phenoxy) is 2. The maximum atomic E-state index is 5.58. The smallest absolute Gasteiger partial charge is 0.119 e. The van der Waals surface area contributed by atoms with Gasteiger partial charge in [0.05, 0.1) is 6.10 Å². The lowest BCUT2D eigenvalue weighted by Gasteiger charge is -2.13. The standard InChI is InChI=1S/C13H21NO2/c1-10(15-4)9-16-13-7-5-12(6-8-13)11(2)14-3/h5-8,10-11,14H,9H2,1-4H3. The predicted molar refractivity (Wildman–Crippen MR) is 65.9 cm³/mol. The van der Waals surface area contributed by atoms with Crippen molar-refractivity contribution < 1.29 is 9.47 Å². The summed E-state index contributed by atoms with van der Waals surface area (Å²) < 4.78 is 10.7. The molecule has 1 rings (SSSR count). The Morgan fingerprint density at radius 3 is 2.31 bits per heavy atom. The molecule has 0 fully saturated rings. The van der Waals surface area contributed by atoms with Crippen LogP contribution in [0.4, 0.5) is 0 Å². The zero-order chi connectivity index (χ0) is 12.0. The Hall–Kier alpha value is -1.06. The lowest BCUT2D eigenvalue weighted by molar-refractivity contribution is 0.0716. The summed E-state index contributed by atoms with van der Waals surface area (Å²) in [6, 6.07) is 8.51. The van der Waals surface area contributed by atoms with Crippen molar-refractivity contribution in [3.05, 3.63) is 29.8 Å². The molecule has 0 aromatic heterocycles. The number of methoxy groups -OCH3 is 1. The molecule has 0 aliphatic carbocycles. The predicted octanol–water partition coefficient (Wildman–Crippen LogP) is 2.38. The van der Waals surface area contributed by atoms with E-state index in [1.54, 1.807) is 7.11 Å². The Bertz CT molecular complexity index is 297. The van der Waals surface area contributed by atoms with Crippen LogP contribution in [0.2, 0.25) is 0 Å². The molecule has 0 saturated heterocycles. The zero-order valence-corrected chi connectivity index (χ0v) is 10.5. The molecule has 3 heteroatoms. The summed E-state index contributed by atoms with van der Waals surface area (Å²) in [6.45, 7) is 4.69. The molecule has 2 unspecified atom stereocenters. The van der Waals surface area contributed by atoms with Crippen molar-refractivity contribution in [1.29, 1.82) is 0 Å². The first-order valence-corrected chi connectivity index (χ1v) is 5.60. The van der Waals surface area contributed by atoms with Crippen LogP contribution in [0.5, 0.6) is 5.75 Å². The third-order valence-electron chi connectivity index (χ3n) is 2.70. The van der Waals surface area contributed by atoms with E-state index < -0.39 is 0 Å². The van der Waals surface area contributed by atoms with Crippen LogP contribution in [-0.2, 0) is 4.74 Å². The molecule has 0 radical (unpaired) electrons. The summed E-state index contributed by atoms with van der Waals surface area (Å²) in [5.41, 5.74) is 1.26. The van der Waals surface area contributed by atoms with E-state index in [2.05, 4.69) is 24.4 Å². The summed E-state index contributed by atoms with van der Waals surface area (Å²) in [5.74, 6) is 0.885. The molecule has 0 spiro atoms. The fourth-order valence-corrected chi connectivity index (χ4v) is 1.30. The summed E-state index contributed by atoms with van der Waals surface area (Å²) in [5, 5.41) is 3.20. The molecule has 0 amide bonds. The van der Waals surface area contributed by atoms with E-state index in [-0.39, 0.29) is 6.10 Å². The Kier molecular flexibility index (Phi) is 5.29. The van der Waals surface area contributed by atoms with Crippen LogP contribution in [0, 0.1) is 0 Å². The molecule has 0 saturated carbocycles. The SMILES string of the molecule is CNC(C)c1ccc(OCC(C)OC)cc1. The van der Waals surface area contributed by atoms with E-state index >= 15 is 0 Å². The molecular formula is C13H21NO2. The van der Waals surface area contributed by atoms with Gasteiger partial charge in [0.1, 0.15) is 12.4 Å². The number of benzene rings is 1. The van der Waals surface area contributed by atoms with E-state index in [4.69, 9.17) is 9.47 Å². The molecule has 1 N–H and O–H groups in total. The molecule has 0 bridgehead atoms. The molecule has 2 atom stereocenters. The Morgan fingerprint density at radius 2 is 1.81 bits per heavy atom. The second kappa shape index (κ2) is 6.51. The molecule has 16 heavy (non-hydrogen) atoms. The Balaban J connectivity index is 2.51. The van der Waals surface area contributed by atoms with E-state index in [0.717, 1.165) is 5.75 Å². The van der Waals surface area contributed by atoms with E-state index in [1.165, 1.54) is 5.56 Å². The molecule has 1 aromatic carbocycles. The first kappa shape index (κ1) is 13.0. The first-order chi connectivity index (χ1) is 7.67. The van der Waals surface area contributed by atoms with Crippen molar-refractivity contribution in [1.82, 2.24) is 5.32 Å². The molecule has 90 valence electrons. The lowest BCUT2D eigenvalue weighted by Crippen LogP contribution is -2.16. The van der Waals surface area contributed by atoms with Gasteiger partial charge >= 0.3 is 0 Å². The number of rotatable bonds is 6. The highest BCUT2D eigenvalue weighted by molar-refractivity contribution is 5.28. The Morgan fingerprint density at radius 1 is 1.19 bits per heavy atom. The molecular weight excluding hydrogens is 202 g/mol. The maximum Gasteiger partial charge on any atom is 0.119 e. The molecule has 3 nitrogen and oxygen atoms in total. The quantitative estimate of drug-likeness (QED) is 0.803. The summed E-state index contributed by atoms with van der Waals surface area (Å²) in [4.78, 5) is 0. The molecule has 0 heterocycles. The van der Waals surface area contributed by atoms with Crippen LogP contribution in [-0.4, -0.2) is 26.9 Å². The minimum absolute atomic E-state index is 0.121. The van der Waals surface area contributed by atoms with Gasteiger partial charge in [-0.25, -0.2) is 0 Å².